The number of hydrogen-bond donors (Lipinski definition) is 2. The van der Waals surface area contributed by atoms with Gasteiger partial charge in [-0.05, 0) is 49.2 Å². The van der Waals surface area contributed by atoms with Crippen LogP contribution in [-0.4, -0.2) is 34.6 Å². The van der Waals surface area contributed by atoms with Crippen molar-refractivity contribution in [3.63, 3.8) is 0 Å². The van der Waals surface area contributed by atoms with E-state index in [4.69, 9.17) is 4.74 Å². The molecule has 0 unspecified atom stereocenters. The Hall–Kier alpha value is -2.43. The number of methoxy groups -OCH3 is 1. The van der Waals surface area contributed by atoms with Crippen molar-refractivity contribution in [1.82, 2.24) is 10.0 Å². The Labute approximate surface area is 173 Å². The molecule has 0 aliphatic rings. The second-order valence-electron chi connectivity index (χ2n) is 6.69. The maximum Gasteiger partial charge on any atom is 0.416 e. The van der Waals surface area contributed by atoms with Gasteiger partial charge in [-0.25, -0.2) is 13.1 Å². The van der Waals surface area contributed by atoms with Crippen molar-refractivity contribution in [2.24, 2.45) is 0 Å². The number of sulfonamides is 1. The van der Waals surface area contributed by atoms with Crippen LogP contribution in [-0.2, 0) is 20.9 Å². The summed E-state index contributed by atoms with van der Waals surface area (Å²) in [5.74, 6) is -0.591. The first-order valence-corrected chi connectivity index (χ1v) is 10.5. The summed E-state index contributed by atoms with van der Waals surface area (Å²) >= 11 is 0. The molecule has 1 atom stereocenters. The zero-order chi connectivity index (χ0) is 22.5. The molecule has 0 bridgehead atoms. The summed E-state index contributed by atoms with van der Waals surface area (Å²) in [5.41, 5.74) is 0.108. The van der Waals surface area contributed by atoms with Crippen LogP contribution in [0.4, 0.5) is 13.2 Å². The minimum atomic E-state index is -4.49. The number of benzene rings is 2. The number of rotatable bonds is 8. The van der Waals surface area contributed by atoms with Gasteiger partial charge in [0.25, 0.3) is 5.91 Å². The molecule has 1 amide bonds. The van der Waals surface area contributed by atoms with Crippen LogP contribution in [0.1, 0.15) is 40.0 Å². The molecule has 6 nitrogen and oxygen atoms in total. The molecule has 2 N–H and O–H groups in total. The second kappa shape index (κ2) is 9.59. The van der Waals surface area contributed by atoms with Crippen LogP contribution in [0.15, 0.2) is 47.4 Å². The molecule has 0 radical (unpaired) electrons. The number of nitrogens with one attached hydrogen (secondary N) is 2. The van der Waals surface area contributed by atoms with Gasteiger partial charge in [0.15, 0.2) is 0 Å². The molecule has 0 spiro atoms. The molecule has 164 valence electrons. The van der Waals surface area contributed by atoms with Gasteiger partial charge in [-0.15, -0.1) is 0 Å². The number of alkyl halides is 3. The van der Waals surface area contributed by atoms with E-state index < -0.39 is 33.7 Å². The Morgan fingerprint density at radius 2 is 1.87 bits per heavy atom. The van der Waals surface area contributed by atoms with Crippen LogP contribution in [0.5, 0.6) is 0 Å². The van der Waals surface area contributed by atoms with E-state index in [1.807, 2.05) is 0 Å². The normalized spacial score (nSPS) is 13.1. The summed E-state index contributed by atoms with van der Waals surface area (Å²) in [7, 11) is -2.40. The van der Waals surface area contributed by atoms with Gasteiger partial charge in [-0.3, -0.25) is 4.79 Å². The van der Waals surface area contributed by atoms with Gasteiger partial charge < -0.3 is 10.1 Å². The zero-order valence-electron chi connectivity index (χ0n) is 16.7. The molecule has 0 aliphatic carbocycles. The molecular formula is C20H23F3N2O4S. The van der Waals surface area contributed by atoms with Crippen molar-refractivity contribution in [3.05, 3.63) is 64.7 Å². The van der Waals surface area contributed by atoms with Crippen molar-refractivity contribution in [2.75, 3.05) is 20.3 Å². The minimum Gasteiger partial charge on any atom is -0.383 e. The van der Waals surface area contributed by atoms with E-state index in [2.05, 4.69) is 10.0 Å². The number of ether oxygens (including phenoxy) is 1. The molecule has 2 aromatic carbocycles. The predicted molar refractivity (Wildman–Crippen MR) is 106 cm³/mol. The van der Waals surface area contributed by atoms with Gasteiger partial charge in [0.1, 0.15) is 0 Å². The third-order valence-electron chi connectivity index (χ3n) is 4.42. The fourth-order valence-corrected chi connectivity index (χ4v) is 3.76. The monoisotopic (exact) mass is 444 g/mol. The largest absolute Gasteiger partial charge is 0.416 e. The minimum absolute atomic E-state index is 0.0703. The van der Waals surface area contributed by atoms with Gasteiger partial charge in [-0.2, -0.15) is 13.2 Å². The van der Waals surface area contributed by atoms with E-state index in [9.17, 15) is 26.4 Å². The molecule has 0 saturated carbocycles. The van der Waals surface area contributed by atoms with Crippen molar-refractivity contribution >= 4 is 15.9 Å². The molecule has 0 heterocycles. The highest BCUT2D eigenvalue weighted by atomic mass is 32.2. The van der Waals surface area contributed by atoms with E-state index in [1.165, 1.54) is 37.4 Å². The maximum atomic E-state index is 12.9. The predicted octanol–water partition coefficient (Wildman–Crippen LogP) is 3.43. The molecule has 0 aliphatic heterocycles. The fraction of sp³-hybridized carbons (Fsp3) is 0.350. The Morgan fingerprint density at radius 1 is 1.17 bits per heavy atom. The van der Waals surface area contributed by atoms with E-state index in [0.717, 1.165) is 12.1 Å². The van der Waals surface area contributed by atoms with Crippen LogP contribution >= 0.6 is 0 Å². The summed E-state index contributed by atoms with van der Waals surface area (Å²) in [4.78, 5) is 12.6. The average Bonchev–Trinajstić information content (AvgIpc) is 2.67. The molecule has 10 heteroatoms. The number of aryl methyl sites for hydroxylation is 1. The number of hydrogen-bond acceptors (Lipinski definition) is 4. The van der Waals surface area contributed by atoms with E-state index in [-0.39, 0.29) is 29.2 Å². The van der Waals surface area contributed by atoms with Crippen LogP contribution in [0, 0.1) is 6.92 Å². The van der Waals surface area contributed by atoms with Gasteiger partial charge in [0, 0.05) is 19.2 Å². The van der Waals surface area contributed by atoms with E-state index in [1.54, 1.807) is 13.8 Å². The Morgan fingerprint density at radius 3 is 2.50 bits per heavy atom. The number of halogens is 3. The third-order valence-corrected chi connectivity index (χ3v) is 5.88. The lowest BCUT2D eigenvalue weighted by atomic mass is 10.0. The molecule has 30 heavy (non-hydrogen) atoms. The topological polar surface area (TPSA) is 84.5 Å². The molecule has 0 fully saturated rings. The number of carbonyl (C=O) groups is 1. The summed E-state index contributed by atoms with van der Waals surface area (Å²) in [6.07, 6.45) is -4.49. The SMILES string of the molecule is COCCNS(=O)(=O)c1ccc(C)c(C(=O)N[C@H](C)c2cccc(C(F)(F)F)c2)c1. The van der Waals surface area contributed by atoms with Gasteiger partial charge >= 0.3 is 6.18 Å². The first-order valence-electron chi connectivity index (χ1n) is 9.03. The lowest BCUT2D eigenvalue weighted by Crippen LogP contribution is -2.29. The third kappa shape index (κ3) is 6.04. The highest BCUT2D eigenvalue weighted by Gasteiger charge is 2.31. The molecular weight excluding hydrogens is 421 g/mol. The van der Waals surface area contributed by atoms with E-state index in [0.29, 0.717) is 5.56 Å². The fourth-order valence-electron chi connectivity index (χ4n) is 2.72. The lowest BCUT2D eigenvalue weighted by molar-refractivity contribution is -0.137. The van der Waals surface area contributed by atoms with Crippen LogP contribution < -0.4 is 10.0 Å². The van der Waals surface area contributed by atoms with Crippen molar-refractivity contribution < 1.29 is 31.1 Å². The Bertz CT molecular complexity index is 1010. The van der Waals surface area contributed by atoms with Crippen molar-refractivity contribution in [3.8, 4) is 0 Å². The maximum absolute atomic E-state index is 12.9. The number of carbonyl (C=O) groups excluding carboxylic acids is 1. The summed E-state index contributed by atoms with van der Waals surface area (Å²) in [6.45, 7) is 3.45. The standard InChI is InChI=1S/C20H23F3N2O4S/c1-13-7-8-17(30(27,28)24-9-10-29-3)12-18(13)19(26)25-14(2)15-5-4-6-16(11-15)20(21,22)23/h4-8,11-12,14,24H,9-10H2,1-3H3,(H,25,26)/t14-/m1/s1. The first-order chi connectivity index (χ1) is 14.0. The zero-order valence-corrected chi connectivity index (χ0v) is 17.5. The summed E-state index contributed by atoms with van der Waals surface area (Å²) in [5, 5.41) is 2.62. The Balaban J connectivity index is 2.23. The van der Waals surface area contributed by atoms with E-state index >= 15 is 0 Å². The van der Waals surface area contributed by atoms with Gasteiger partial charge in [0.05, 0.1) is 23.1 Å². The average molecular weight is 444 g/mol. The molecule has 2 aromatic rings. The quantitative estimate of drug-likeness (QED) is 0.611. The summed E-state index contributed by atoms with van der Waals surface area (Å²) in [6, 6.07) is 8.05. The molecule has 0 saturated heterocycles. The number of amides is 1. The highest BCUT2D eigenvalue weighted by molar-refractivity contribution is 7.89. The van der Waals surface area contributed by atoms with Crippen LogP contribution in [0.3, 0.4) is 0 Å². The highest BCUT2D eigenvalue weighted by Crippen LogP contribution is 2.30. The Kier molecular flexibility index (Phi) is 7.62. The lowest BCUT2D eigenvalue weighted by Gasteiger charge is -2.17. The summed E-state index contributed by atoms with van der Waals surface area (Å²) < 4.78 is 70.7. The molecule has 2 rings (SSSR count). The van der Waals surface area contributed by atoms with Crippen molar-refractivity contribution in [2.45, 2.75) is 31.0 Å². The van der Waals surface area contributed by atoms with Crippen molar-refractivity contribution in [1.29, 1.82) is 0 Å². The molecule has 0 aromatic heterocycles. The second-order valence-corrected chi connectivity index (χ2v) is 8.45. The smallest absolute Gasteiger partial charge is 0.383 e. The van der Waals surface area contributed by atoms with Gasteiger partial charge in [-0.1, -0.05) is 18.2 Å². The first kappa shape index (κ1) is 23.8. The van der Waals surface area contributed by atoms with Crippen LogP contribution in [0.25, 0.3) is 0 Å². The van der Waals surface area contributed by atoms with Gasteiger partial charge in [0.2, 0.25) is 10.0 Å². The van der Waals surface area contributed by atoms with Crippen LogP contribution in [0.2, 0.25) is 0 Å².